The summed E-state index contributed by atoms with van der Waals surface area (Å²) >= 11 is 0. The minimum absolute atomic E-state index is 0.329. The number of nitrogens with one attached hydrogen (secondary N) is 1. The second kappa shape index (κ2) is 7.79. The van der Waals surface area contributed by atoms with Crippen LogP contribution in [-0.2, 0) is 19.6 Å². The van der Waals surface area contributed by atoms with E-state index in [1.54, 1.807) is 0 Å². The monoisotopic (exact) mass is 331 g/mol. The summed E-state index contributed by atoms with van der Waals surface area (Å²) in [6.45, 7) is 5.45. The van der Waals surface area contributed by atoms with Gasteiger partial charge >= 0.3 is 0 Å². The molecule has 2 heterocycles. The minimum atomic E-state index is -0.329. The summed E-state index contributed by atoms with van der Waals surface area (Å²) in [6, 6.07) is 6.23. The van der Waals surface area contributed by atoms with Gasteiger partial charge in [0.05, 0.1) is 11.8 Å². The average molecular weight is 331 g/mol. The number of hydrogen-bond acceptors (Lipinski definition) is 6. The predicted molar refractivity (Wildman–Crippen MR) is 90.9 cm³/mol. The first-order valence-electron chi connectivity index (χ1n) is 8.34. The Morgan fingerprint density at radius 1 is 1.42 bits per heavy atom. The van der Waals surface area contributed by atoms with Crippen LogP contribution in [0.1, 0.15) is 22.6 Å². The van der Waals surface area contributed by atoms with Crippen LogP contribution in [0.3, 0.4) is 0 Å². The maximum atomic E-state index is 9.94. The molecule has 1 aliphatic heterocycles. The number of aliphatic hydroxyl groups excluding tert-OH is 1. The number of aliphatic hydroxyl groups is 1. The standard InChI is InChI=1S/C18H25N3O3/c1-13-18(24-12-20-13)11-23-17-4-3-15-9-21(6-5-14(15)7-17)10-16(22)8-19-2/h3-4,7,12,16,19,22H,5-6,8-11H2,1-2H3/t16-/m0/s1. The number of oxazole rings is 1. The highest BCUT2D eigenvalue weighted by Crippen LogP contribution is 2.24. The molecule has 1 aromatic carbocycles. The second-order valence-electron chi connectivity index (χ2n) is 6.28. The molecule has 0 saturated heterocycles. The SMILES string of the molecule is CNC[C@H](O)CN1CCc2cc(OCc3ocnc3C)ccc2C1. The third-order valence-corrected chi connectivity index (χ3v) is 4.39. The Bertz CT molecular complexity index is 671. The van der Waals surface area contributed by atoms with E-state index < -0.39 is 0 Å². The second-order valence-corrected chi connectivity index (χ2v) is 6.28. The Hall–Kier alpha value is -1.89. The molecule has 6 nitrogen and oxygen atoms in total. The van der Waals surface area contributed by atoms with Gasteiger partial charge in [-0.05, 0) is 43.7 Å². The van der Waals surface area contributed by atoms with E-state index in [0.29, 0.717) is 19.7 Å². The van der Waals surface area contributed by atoms with Crippen LogP contribution in [0.15, 0.2) is 29.0 Å². The fourth-order valence-electron chi connectivity index (χ4n) is 3.05. The third-order valence-electron chi connectivity index (χ3n) is 4.39. The number of benzene rings is 1. The summed E-state index contributed by atoms with van der Waals surface area (Å²) in [4.78, 5) is 6.36. The van der Waals surface area contributed by atoms with Crippen molar-refractivity contribution in [2.45, 2.75) is 32.6 Å². The Morgan fingerprint density at radius 3 is 3.04 bits per heavy atom. The van der Waals surface area contributed by atoms with Gasteiger partial charge in [-0.3, -0.25) is 4.90 Å². The molecule has 0 unspecified atom stereocenters. The van der Waals surface area contributed by atoms with E-state index in [4.69, 9.17) is 9.15 Å². The van der Waals surface area contributed by atoms with Crippen molar-refractivity contribution in [3.05, 3.63) is 47.2 Å². The average Bonchev–Trinajstić information content (AvgIpc) is 2.98. The number of rotatable bonds is 7. The molecule has 0 amide bonds. The summed E-state index contributed by atoms with van der Waals surface area (Å²) in [6.07, 6.45) is 2.09. The number of aryl methyl sites for hydroxylation is 1. The van der Waals surface area contributed by atoms with E-state index in [1.165, 1.54) is 17.5 Å². The normalized spacial score (nSPS) is 16.0. The summed E-state index contributed by atoms with van der Waals surface area (Å²) in [5.41, 5.74) is 3.49. The summed E-state index contributed by atoms with van der Waals surface area (Å²) in [7, 11) is 1.86. The molecule has 0 fully saturated rings. The highest BCUT2D eigenvalue weighted by Gasteiger charge is 2.19. The van der Waals surface area contributed by atoms with E-state index in [-0.39, 0.29) is 6.10 Å². The number of β-amino-alcohol motifs (C(OH)–C–C–N with tert-alkyl or cyclic N) is 1. The number of hydrogen-bond donors (Lipinski definition) is 2. The van der Waals surface area contributed by atoms with E-state index in [9.17, 15) is 5.11 Å². The molecule has 1 aliphatic rings. The number of likely N-dealkylation sites (N-methyl/N-ethyl adjacent to an activating group) is 1. The Kier molecular flexibility index (Phi) is 5.50. The van der Waals surface area contributed by atoms with Crippen LogP contribution in [0.2, 0.25) is 0 Å². The highest BCUT2D eigenvalue weighted by atomic mass is 16.5. The highest BCUT2D eigenvalue weighted by molar-refractivity contribution is 5.37. The lowest BCUT2D eigenvalue weighted by Gasteiger charge is -2.30. The van der Waals surface area contributed by atoms with E-state index in [2.05, 4.69) is 27.3 Å². The molecule has 1 atom stereocenters. The quantitative estimate of drug-likeness (QED) is 0.801. The summed E-state index contributed by atoms with van der Waals surface area (Å²) in [5, 5.41) is 12.9. The van der Waals surface area contributed by atoms with E-state index in [1.807, 2.05) is 20.0 Å². The van der Waals surface area contributed by atoms with E-state index >= 15 is 0 Å². The largest absolute Gasteiger partial charge is 0.486 e. The van der Waals surface area contributed by atoms with Crippen LogP contribution < -0.4 is 10.1 Å². The lowest BCUT2D eigenvalue weighted by molar-refractivity contribution is 0.106. The van der Waals surface area contributed by atoms with Crippen molar-refractivity contribution >= 4 is 0 Å². The van der Waals surface area contributed by atoms with Gasteiger partial charge in [0.2, 0.25) is 0 Å². The molecule has 2 N–H and O–H groups in total. The van der Waals surface area contributed by atoms with Crippen molar-refractivity contribution < 1.29 is 14.3 Å². The van der Waals surface area contributed by atoms with Gasteiger partial charge in [0.25, 0.3) is 0 Å². The fourth-order valence-corrected chi connectivity index (χ4v) is 3.05. The van der Waals surface area contributed by atoms with Crippen molar-refractivity contribution in [2.24, 2.45) is 0 Å². The molecule has 0 aliphatic carbocycles. The zero-order valence-electron chi connectivity index (χ0n) is 14.3. The van der Waals surface area contributed by atoms with Crippen LogP contribution in [-0.4, -0.2) is 47.8 Å². The van der Waals surface area contributed by atoms with Gasteiger partial charge in [-0.2, -0.15) is 0 Å². The Labute approximate surface area is 142 Å². The number of ether oxygens (including phenoxy) is 1. The van der Waals surface area contributed by atoms with Crippen LogP contribution >= 0.6 is 0 Å². The molecule has 1 aromatic heterocycles. The first-order valence-corrected chi connectivity index (χ1v) is 8.34. The Morgan fingerprint density at radius 2 is 2.29 bits per heavy atom. The summed E-state index contributed by atoms with van der Waals surface area (Å²) in [5.74, 6) is 1.62. The smallest absolute Gasteiger partial charge is 0.181 e. The minimum Gasteiger partial charge on any atom is -0.486 e. The molecule has 0 spiro atoms. The van der Waals surface area contributed by atoms with Gasteiger partial charge in [-0.1, -0.05) is 6.07 Å². The van der Waals surface area contributed by atoms with Gasteiger partial charge < -0.3 is 19.6 Å². The van der Waals surface area contributed by atoms with Gasteiger partial charge in [-0.25, -0.2) is 4.98 Å². The lowest BCUT2D eigenvalue weighted by atomic mass is 9.99. The number of aromatic nitrogens is 1. The van der Waals surface area contributed by atoms with Crippen molar-refractivity contribution in [3.8, 4) is 5.75 Å². The molecule has 3 rings (SSSR count). The van der Waals surface area contributed by atoms with Crippen LogP contribution in [0.5, 0.6) is 5.75 Å². The molecule has 0 radical (unpaired) electrons. The third kappa shape index (κ3) is 4.14. The zero-order valence-corrected chi connectivity index (χ0v) is 14.3. The molecule has 0 bridgehead atoms. The number of nitrogens with zero attached hydrogens (tertiary/aromatic N) is 2. The predicted octanol–water partition coefficient (Wildman–Crippen LogP) is 1.50. The topological polar surface area (TPSA) is 70.8 Å². The molecule has 130 valence electrons. The molecule has 0 saturated carbocycles. The number of fused-ring (bicyclic) bond motifs is 1. The van der Waals surface area contributed by atoms with E-state index in [0.717, 1.165) is 36.7 Å². The maximum Gasteiger partial charge on any atom is 0.181 e. The lowest BCUT2D eigenvalue weighted by Crippen LogP contribution is -2.40. The Balaban J connectivity index is 1.58. The molecule has 24 heavy (non-hydrogen) atoms. The van der Waals surface area contributed by atoms with Gasteiger partial charge in [0.1, 0.15) is 12.4 Å². The fraction of sp³-hybridized carbons (Fsp3) is 0.500. The van der Waals surface area contributed by atoms with Crippen molar-refractivity contribution in [2.75, 3.05) is 26.7 Å². The molecular formula is C18H25N3O3. The first kappa shape index (κ1) is 17.0. The van der Waals surface area contributed by atoms with Crippen molar-refractivity contribution in [3.63, 3.8) is 0 Å². The summed E-state index contributed by atoms with van der Waals surface area (Å²) < 4.78 is 11.1. The van der Waals surface area contributed by atoms with Gasteiger partial charge in [-0.15, -0.1) is 0 Å². The van der Waals surface area contributed by atoms with Crippen LogP contribution in [0, 0.1) is 6.92 Å². The van der Waals surface area contributed by atoms with Crippen molar-refractivity contribution in [1.29, 1.82) is 0 Å². The van der Waals surface area contributed by atoms with Gasteiger partial charge in [0.15, 0.2) is 12.2 Å². The zero-order chi connectivity index (χ0) is 16.9. The maximum absolute atomic E-state index is 9.94. The van der Waals surface area contributed by atoms with Crippen LogP contribution in [0.25, 0.3) is 0 Å². The molecule has 2 aromatic rings. The van der Waals surface area contributed by atoms with Crippen LogP contribution in [0.4, 0.5) is 0 Å². The molecular weight excluding hydrogens is 306 g/mol. The first-order chi connectivity index (χ1) is 11.7. The van der Waals surface area contributed by atoms with Crippen molar-refractivity contribution in [1.82, 2.24) is 15.2 Å². The van der Waals surface area contributed by atoms with Gasteiger partial charge in [0, 0.05) is 26.2 Å². The molecule has 6 heteroatoms.